The zero-order valence-electron chi connectivity index (χ0n) is 21.9. The van der Waals surface area contributed by atoms with E-state index in [1.54, 1.807) is 0 Å². The predicted molar refractivity (Wildman–Crippen MR) is 135 cm³/mol. The Morgan fingerprint density at radius 2 is 1.34 bits per heavy atom. The molecule has 0 heterocycles. The van der Waals surface area contributed by atoms with E-state index in [9.17, 15) is 10.2 Å². The third kappa shape index (κ3) is 4.65. The quantitative estimate of drug-likeness (QED) is 0.463. The smallest absolute Gasteiger partial charge is 0.0749 e. The van der Waals surface area contributed by atoms with Gasteiger partial charge < -0.3 is 20.8 Å². The molecule has 0 aromatic heterocycles. The topological polar surface area (TPSA) is 64.5 Å². The zero-order valence-corrected chi connectivity index (χ0v) is 22.7. The van der Waals surface area contributed by atoms with E-state index >= 15 is 0 Å². The summed E-state index contributed by atoms with van der Waals surface area (Å²) in [6.45, 7) is 18.2. The molecule has 4 aliphatic rings. The van der Waals surface area contributed by atoms with E-state index in [1.807, 2.05) is 0 Å². The van der Waals surface area contributed by atoms with E-state index in [0.717, 1.165) is 31.6 Å². The van der Waals surface area contributed by atoms with Crippen molar-refractivity contribution in [3.05, 3.63) is 0 Å². The normalized spacial score (nSPS) is 48.9. The van der Waals surface area contributed by atoms with Gasteiger partial charge >= 0.3 is 0 Å². The highest BCUT2D eigenvalue weighted by molar-refractivity contribution is 5.85. The Morgan fingerprint density at radius 1 is 0.750 bits per heavy atom. The van der Waals surface area contributed by atoms with Gasteiger partial charge in [-0.1, -0.05) is 13.8 Å². The maximum Gasteiger partial charge on any atom is 0.0749 e. The van der Waals surface area contributed by atoms with Crippen molar-refractivity contribution in [1.82, 2.24) is 10.6 Å². The Hall–Kier alpha value is 0.130. The van der Waals surface area contributed by atoms with Crippen LogP contribution in [-0.4, -0.2) is 45.6 Å². The van der Waals surface area contributed by atoms with Gasteiger partial charge in [0.15, 0.2) is 0 Å². The molecular formula is C27H51ClN2O2. The maximum atomic E-state index is 11.4. The molecule has 4 saturated carbocycles. The zero-order chi connectivity index (χ0) is 23.0. The summed E-state index contributed by atoms with van der Waals surface area (Å²) in [6.07, 6.45) is 7.60. The number of nitrogens with one attached hydrogen (secondary N) is 2. The van der Waals surface area contributed by atoms with Gasteiger partial charge in [-0.25, -0.2) is 0 Å². The first kappa shape index (κ1) is 26.7. The third-order valence-electron chi connectivity index (χ3n) is 9.95. The van der Waals surface area contributed by atoms with Gasteiger partial charge in [0.25, 0.3) is 0 Å². The van der Waals surface area contributed by atoms with Crippen LogP contribution in [0.2, 0.25) is 0 Å². The van der Waals surface area contributed by atoms with Gasteiger partial charge in [-0.15, -0.1) is 12.4 Å². The second-order valence-corrected chi connectivity index (χ2v) is 14.4. The summed E-state index contributed by atoms with van der Waals surface area (Å²) in [5.41, 5.74) is 0.400. The van der Waals surface area contributed by atoms with E-state index in [4.69, 9.17) is 0 Å². The SMILES string of the molecule is CC(C)(C)NC1C[C@@]2(C)C(CC[C@@H]3[C@H]2CC[C@]2(C)C(O)C(NC(C)(C)C)C[C@@H]32)CC1O.Cl. The fraction of sp³-hybridized carbons (Fsp3) is 1.00. The number of rotatable bonds is 2. The van der Waals surface area contributed by atoms with Crippen LogP contribution in [0.4, 0.5) is 0 Å². The summed E-state index contributed by atoms with van der Waals surface area (Å²) in [6, 6.07) is 0.403. The lowest BCUT2D eigenvalue weighted by atomic mass is 9.44. The fourth-order valence-electron chi connectivity index (χ4n) is 8.72. The monoisotopic (exact) mass is 470 g/mol. The molecule has 4 rings (SSSR count). The minimum atomic E-state index is -0.244. The molecule has 4 aliphatic carbocycles. The maximum absolute atomic E-state index is 11.4. The van der Waals surface area contributed by atoms with Crippen molar-refractivity contribution in [1.29, 1.82) is 0 Å². The molecule has 5 unspecified atom stereocenters. The molecule has 4 fully saturated rings. The molecule has 0 bridgehead atoms. The van der Waals surface area contributed by atoms with Gasteiger partial charge in [-0.3, -0.25) is 0 Å². The van der Waals surface area contributed by atoms with Crippen LogP contribution >= 0.6 is 12.4 Å². The fourth-order valence-corrected chi connectivity index (χ4v) is 8.72. The first-order chi connectivity index (χ1) is 14.1. The van der Waals surface area contributed by atoms with E-state index in [-0.39, 0.29) is 53.2 Å². The minimum absolute atomic E-state index is 0. The molecule has 188 valence electrons. The van der Waals surface area contributed by atoms with Crippen molar-refractivity contribution < 1.29 is 10.2 Å². The number of hydrogen-bond donors (Lipinski definition) is 4. The number of aliphatic hydroxyl groups excluding tert-OH is 2. The molecule has 0 spiro atoms. The lowest BCUT2D eigenvalue weighted by molar-refractivity contribution is -0.142. The molecule has 4 nitrogen and oxygen atoms in total. The second-order valence-electron chi connectivity index (χ2n) is 14.4. The Bertz CT molecular complexity index is 674. The Labute approximate surface area is 203 Å². The first-order valence-electron chi connectivity index (χ1n) is 13.1. The van der Waals surface area contributed by atoms with E-state index < -0.39 is 0 Å². The summed E-state index contributed by atoms with van der Waals surface area (Å²) in [4.78, 5) is 0. The van der Waals surface area contributed by atoms with Crippen LogP contribution in [0.3, 0.4) is 0 Å². The molecule has 5 heteroatoms. The Morgan fingerprint density at radius 3 is 1.94 bits per heavy atom. The van der Waals surface area contributed by atoms with E-state index in [2.05, 4.69) is 66.0 Å². The largest absolute Gasteiger partial charge is 0.391 e. The van der Waals surface area contributed by atoms with Crippen LogP contribution in [0.15, 0.2) is 0 Å². The molecule has 32 heavy (non-hydrogen) atoms. The van der Waals surface area contributed by atoms with E-state index in [0.29, 0.717) is 23.2 Å². The molecular weight excluding hydrogens is 420 g/mol. The number of aliphatic hydroxyl groups is 2. The summed E-state index contributed by atoms with van der Waals surface area (Å²) in [7, 11) is 0. The summed E-state index contributed by atoms with van der Waals surface area (Å²) in [5, 5.41) is 29.9. The summed E-state index contributed by atoms with van der Waals surface area (Å²) < 4.78 is 0. The predicted octanol–water partition coefficient (Wildman–Crippen LogP) is 4.91. The van der Waals surface area contributed by atoms with Crippen LogP contribution < -0.4 is 10.6 Å². The molecule has 0 aromatic rings. The average molecular weight is 471 g/mol. The van der Waals surface area contributed by atoms with Crippen LogP contribution in [-0.2, 0) is 0 Å². The van der Waals surface area contributed by atoms with Gasteiger partial charge in [0, 0.05) is 23.2 Å². The van der Waals surface area contributed by atoms with Crippen molar-refractivity contribution in [2.24, 2.45) is 34.5 Å². The average Bonchev–Trinajstić information content (AvgIpc) is 2.85. The van der Waals surface area contributed by atoms with Gasteiger partial charge in [0.05, 0.1) is 12.2 Å². The minimum Gasteiger partial charge on any atom is -0.391 e. The second kappa shape index (κ2) is 8.66. The van der Waals surface area contributed by atoms with Gasteiger partial charge in [-0.05, 0) is 121 Å². The van der Waals surface area contributed by atoms with Crippen LogP contribution in [0.25, 0.3) is 0 Å². The molecule has 0 saturated heterocycles. The lowest BCUT2D eigenvalue weighted by Crippen LogP contribution is -2.61. The standard InChI is InChI=1S/C27H50N2O2.ClH/c1-24(2,3)28-20-14-19-17-10-9-16-13-22(30)21(29-25(4,5)6)15-27(16,8)18(17)11-12-26(19,7)23(20)31;/h16-23,28-31H,9-15H2,1-8H3;1H/t16?,17-,18-,19+,20?,21?,22?,23?,26+,27+;/m1./s1. The lowest BCUT2D eigenvalue weighted by Gasteiger charge is -2.62. The third-order valence-corrected chi connectivity index (χ3v) is 9.95. The molecule has 0 amide bonds. The van der Waals surface area contributed by atoms with Gasteiger partial charge in [0.2, 0.25) is 0 Å². The summed E-state index contributed by atoms with van der Waals surface area (Å²) >= 11 is 0. The number of halogens is 1. The van der Waals surface area contributed by atoms with Crippen LogP contribution in [0.1, 0.15) is 100 Å². The molecule has 10 atom stereocenters. The molecule has 0 aliphatic heterocycles. The van der Waals surface area contributed by atoms with E-state index in [1.165, 1.54) is 19.3 Å². The van der Waals surface area contributed by atoms with Gasteiger partial charge in [-0.2, -0.15) is 0 Å². The highest BCUT2D eigenvalue weighted by Gasteiger charge is 2.63. The highest BCUT2D eigenvalue weighted by Crippen LogP contribution is 2.66. The molecule has 0 aromatic carbocycles. The van der Waals surface area contributed by atoms with Crippen molar-refractivity contribution >= 4 is 12.4 Å². The van der Waals surface area contributed by atoms with Gasteiger partial charge in [0.1, 0.15) is 0 Å². The Balaban J connectivity index is 0.00000289. The first-order valence-corrected chi connectivity index (χ1v) is 13.1. The Kier molecular flexibility index (Phi) is 7.23. The number of fused-ring (bicyclic) bond motifs is 5. The van der Waals surface area contributed by atoms with Crippen molar-refractivity contribution in [2.45, 2.75) is 136 Å². The van der Waals surface area contributed by atoms with Crippen LogP contribution in [0.5, 0.6) is 0 Å². The molecule has 4 N–H and O–H groups in total. The highest BCUT2D eigenvalue weighted by atomic mass is 35.5. The van der Waals surface area contributed by atoms with Crippen molar-refractivity contribution in [2.75, 3.05) is 0 Å². The van der Waals surface area contributed by atoms with Crippen molar-refractivity contribution in [3.8, 4) is 0 Å². The van der Waals surface area contributed by atoms with Crippen LogP contribution in [0, 0.1) is 34.5 Å². The number of hydrogen-bond acceptors (Lipinski definition) is 4. The molecule has 0 radical (unpaired) electrons. The summed E-state index contributed by atoms with van der Waals surface area (Å²) in [5.74, 6) is 2.69. The van der Waals surface area contributed by atoms with Crippen molar-refractivity contribution in [3.63, 3.8) is 0 Å².